The minimum atomic E-state index is 0.529. The van der Waals surface area contributed by atoms with Crippen molar-refractivity contribution < 1.29 is 0 Å². The maximum absolute atomic E-state index is 5.97. The molecule has 5 nitrogen and oxygen atoms in total. The second-order valence-electron chi connectivity index (χ2n) is 5.72. The first kappa shape index (κ1) is 14.1. The summed E-state index contributed by atoms with van der Waals surface area (Å²) in [7, 11) is 2.13. The highest BCUT2D eigenvalue weighted by molar-refractivity contribution is 5.55. The van der Waals surface area contributed by atoms with E-state index in [0.717, 1.165) is 30.3 Å². The van der Waals surface area contributed by atoms with Crippen LogP contribution in [-0.4, -0.2) is 41.0 Å². The first-order chi connectivity index (χ1) is 8.99. The number of nitrogens with two attached hydrogens (primary N) is 1. The van der Waals surface area contributed by atoms with E-state index in [4.69, 9.17) is 5.73 Å². The first-order valence-electron chi connectivity index (χ1n) is 7.07. The van der Waals surface area contributed by atoms with Gasteiger partial charge in [-0.1, -0.05) is 0 Å². The predicted molar refractivity (Wildman–Crippen MR) is 79.4 cm³/mol. The quantitative estimate of drug-likeness (QED) is 0.821. The topological polar surface area (TPSA) is 67.1 Å². The minimum absolute atomic E-state index is 0.529. The summed E-state index contributed by atoms with van der Waals surface area (Å²) in [4.78, 5) is 11.3. The van der Waals surface area contributed by atoms with Crippen molar-refractivity contribution in [2.24, 2.45) is 0 Å². The number of anilines is 2. The molecule has 0 atom stereocenters. The molecule has 1 saturated carbocycles. The van der Waals surface area contributed by atoms with E-state index in [0.29, 0.717) is 17.8 Å². The van der Waals surface area contributed by atoms with Gasteiger partial charge in [0.05, 0.1) is 0 Å². The summed E-state index contributed by atoms with van der Waals surface area (Å²) >= 11 is 0. The molecule has 1 aliphatic carbocycles. The Morgan fingerprint density at radius 2 is 2.05 bits per heavy atom. The van der Waals surface area contributed by atoms with E-state index in [2.05, 4.69) is 41.1 Å². The SMILES string of the molecule is Cc1c(N)nc(C2CC2)nc1NCCN(C)C(C)C. The Balaban J connectivity index is 1.99. The Morgan fingerprint density at radius 3 is 2.63 bits per heavy atom. The zero-order valence-electron chi connectivity index (χ0n) is 12.4. The molecule has 0 radical (unpaired) electrons. The highest BCUT2D eigenvalue weighted by Gasteiger charge is 2.27. The number of hydrogen-bond acceptors (Lipinski definition) is 5. The van der Waals surface area contributed by atoms with Gasteiger partial charge in [0.1, 0.15) is 17.5 Å². The summed E-state index contributed by atoms with van der Waals surface area (Å²) in [6.45, 7) is 8.22. The first-order valence-corrected chi connectivity index (χ1v) is 7.07. The number of nitrogen functional groups attached to an aromatic ring is 1. The number of aromatic nitrogens is 2. The number of rotatable bonds is 6. The molecule has 1 heterocycles. The zero-order valence-corrected chi connectivity index (χ0v) is 12.4. The lowest BCUT2D eigenvalue weighted by Gasteiger charge is -2.21. The molecule has 0 spiro atoms. The Labute approximate surface area is 115 Å². The average Bonchev–Trinajstić information content (AvgIpc) is 3.18. The van der Waals surface area contributed by atoms with Crippen LogP contribution in [0.4, 0.5) is 11.6 Å². The summed E-state index contributed by atoms with van der Waals surface area (Å²) in [5.74, 6) is 2.94. The van der Waals surface area contributed by atoms with Gasteiger partial charge < -0.3 is 16.0 Å². The standard InChI is InChI=1S/C14H25N5/c1-9(2)19(4)8-7-16-13-10(3)12(15)17-14(18-13)11-5-6-11/h9,11H,5-8H2,1-4H3,(H3,15,16,17,18). The molecule has 0 bridgehead atoms. The molecule has 106 valence electrons. The smallest absolute Gasteiger partial charge is 0.136 e. The molecule has 0 saturated heterocycles. The third-order valence-electron chi connectivity index (χ3n) is 3.78. The summed E-state index contributed by atoms with van der Waals surface area (Å²) in [5.41, 5.74) is 6.92. The molecular formula is C14H25N5. The molecule has 0 unspecified atom stereocenters. The van der Waals surface area contributed by atoms with Crippen molar-refractivity contribution >= 4 is 11.6 Å². The van der Waals surface area contributed by atoms with Crippen LogP contribution < -0.4 is 11.1 Å². The van der Waals surface area contributed by atoms with E-state index >= 15 is 0 Å². The Kier molecular flexibility index (Phi) is 4.24. The van der Waals surface area contributed by atoms with E-state index in [9.17, 15) is 0 Å². The van der Waals surface area contributed by atoms with Crippen LogP contribution in [0.15, 0.2) is 0 Å². The van der Waals surface area contributed by atoms with Crippen molar-refractivity contribution in [2.75, 3.05) is 31.2 Å². The molecule has 2 rings (SSSR count). The lowest BCUT2D eigenvalue weighted by molar-refractivity contribution is 0.284. The molecular weight excluding hydrogens is 238 g/mol. The van der Waals surface area contributed by atoms with Gasteiger partial charge in [0.25, 0.3) is 0 Å². The Bertz CT molecular complexity index is 440. The summed E-state index contributed by atoms with van der Waals surface area (Å²) in [6.07, 6.45) is 2.38. The molecule has 5 heteroatoms. The molecule has 1 aromatic rings. The lowest BCUT2D eigenvalue weighted by atomic mass is 10.3. The third kappa shape index (κ3) is 3.56. The Morgan fingerprint density at radius 1 is 1.37 bits per heavy atom. The number of nitrogens with one attached hydrogen (secondary N) is 1. The van der Waals surface area contributed by atoms with E-state index in [1.54, 1.807) is 0 Å². The third-order valence-corrected chi connectivity index (χ3v) is 3.78. The van der Waals surface area contributed by atoms with E-state index in [-0.39, 0.29) is 0 Å². The van der Waals surface area contributed by atoms with Crippen LogP contribution >= 0.6 is 0 Å². The second-order valence-corrected chi connectivity index (χ2v) is 5.72. The van der Waals surface area contributed by atoms with E-state index in [1.165, 1.54) is 12.8 Å². The molecule has 1 aromatic heterocycles. The Hall–Kier alpha value is -1.36. The minimum Gasteiger partial charge on any atom is -0.383 e. The van der Waals surface area contributed by atoms with Crippen LogP contribution in [0.3, 0.4) is 0 Å². The van der Waals surface area contributed by atoms with Gasteiger partial charge in [-0.25, -0.2) is 9.97 Å². The van der Waals surface area contributed by atoms with Crippen LogP contribution in [0.2, 0.25) is 0 Å². The molecule has 1 fully saturated rings. The number of hydrogen-bond donors (Lipinski definition) is 2. The normalized spacial score (nSPS) is 15.3. The van der Waals surface area contributed by atoms with E-state index < -0.39 is 0 Å². The van der Waals surface area contributed by atoms with Crippen LogP contribution in [0.1, 0.15) is 44.0 Å². The van der Waals surface area contributed by atoms with Crippen LogP contribution in [0, 0.1) is 6.92 Å². The van der Waals surface area contributed by atoms with Gasteiger partial charge in [-0.15, -0.1) is 0 Å². The van der Waals surface area contributed by atoms with Gasteiger partial charge in [-0.05, 0) is 40.7 Å². The fourth-order valence-corrected chi connectivity index (χ4v) is 1.86. The average molecular weight is 263 g/mol. The highest BCUT2D eigenvalue weighted by Crippen LogP contribution is 2.39. The van der Waals surface area contributed by atoms with Gasteiger partial charge in [-0.3, -0.25) is 0 Å². The zero-order chi connectivity index (χ0) is 14.0. The second kappa shape index (κ2) is 5.74. The highest BCUT2D eigenvalue weighted by atomic mass is 15.1. The van der Waals surface area contributed by atoms with Crippen molar-refractivity contribution in [2.45, 2.75) is 45.6 Å². The van der Waals surface area contributed by atoms with Gasteiger partial charge in [0.15, 0.2) is 0 Å². The molecule has 0 amide bonds. The monoisotopic (exact) mass is 263 g/mol. The van der Waals surface area contributed by atoms with Crippen molar-refractivity contribution in [1.29, 1.82) is 0 Å². The van der Waals surface area contributed by atoms with Crippen molar-refractivity contribution in [1.82, 2.24) is 14.9 Å². The summed E-state index contributed by atoms with van der Waals surface area (Å²) < 4.78 is 0. The molecule has 0 aliphatic heterocycles. The number of likely N-dealkylation sites (N-methyl/N-ethyl adjacent to an activating group) is 1. The number of nitrogens with zero attached hydrogens (tertiary/aromatic N) is 3. The van der Waals surface area contributed by atoms with Gasteiger partial charge in [-0.2, -0.15) is 0 Å². The maximum atomic E-state index is 5.97. The summed E-state index contributed by atoms with van der Waals surface area (Å²) in [6, 6.07) is 0.556. The fraction of sp³-hybridized carbons (Fsp3) is 0.714. The molecule has 1 aliphatic rings. The van der Waals surface area contributed by atoms with Crippen LogP contribution in [-0.2, 0) is 0 Å². The van der Waals surface area contributed by atoms with E-state index in [1.807, 2.05) is 6.92 Å². The van der Waals surface area contributed by atoms with Crippen molar-refractivity contribution in [3.63, 3.8) is 0 Å². The summed E-state index contributed by atoms with van der Waals surface area (Å²) in [5, 5.41) is 3.39. The largest absolute Gasteiger partial charge is 0.383 e. The van der Waals surface area contributed by atoms with Crippen molar-refractivity contribution in [3.8, 4) is 0 Å². The van der Waals surface area contributed by atoms with Crippen molar-refractivity contribution in [3.05, 3.63) is 11.4 Å². The van der Waals surface area contributed by atoms with Gasteiger partial charge in [0, 0.05) is 30.6 Å². The van der Waals surface area contributed by atoms with Gasteiger partial charge in [0.2, 0.25) is 0 Å². The molecule has 0 aromatic carbocycles. The van der Waals surface area contributed by atoms with Gasteiger partial charge >= 0.3 is 0 Å². The van der Waals surface area contributed by atoms with Crippen LogP contribution in [0.25, 0.3) is 0 Å². The van der Waals surface area contributed by atoms with Crippen LogP contribution in [0.5, 0.6) is 0 Å². The molecule has 3 N–H and O–H groups in total. The maximum Gasteiger partial charge on any atom is 0.136 e. The molecule has 19 heavy (non-hydrogen) atoms. The predicted octanol–water partition coefficient (Wildman–Crippen LogP) is 2.00. The fourth-order valence-electron chi connectivity index (χ4n) is 1.86. The lowest BCUT2D eigenvalue weighted by Crippen LogP contribution is -2.31.